The summed E-state index contributed by atoms with van der Waals surface area (Å²) in [4.78, 5) is 18.8. The van der Waals surface area contributed by atoms with Crippen LogP contribution in [0.25, 0.3) is 0 Å². The highest BCUT2D eigenvalue weighted by Crippen LogP contribution is 2.30. The molecule has 0 saturated heterocycles. The minimum atomic E-state index is -3.02. The Kier molecular flexibility index (Phi) is 3.18. The summed E-state index contributed by atoms with van der Waals surface area (Å²) >= 11 is 0. The van der Waals surface area contributed by atoms with Gasteiger partial charge in [0.05, 0.1) is 14.7 Å². The van der Waals surface area contributed by atoms with Crippen LogP contribution in [0.2, 0.25) is 0 Å². The summed E-state index contributed by atoms with van der Waals surface area (Å²) in [6, 6.07) is 1.57. The highest BCUT2D eigenvalue weighted by Gasteiger charge is 2.26. The highest BCUT2D eigenvalue weighted by molar-refractivity contribution is 7.72. The van der Waals surface area contributed by atoms with Crippen LogP contribution in [0, 0.1) is 27.2 Å². The molecule has 0 bridgehead atoms. The van der Waals surface area contributed by atoms with Crippen molar-refractivity contribution in [2.45, 2.75) is 11.8 Å². The summed E-state index contributed by atoms with van der Waals surface area (Å²) in [5.74, 6) is 0. The third-order valence-electron chi connectivity index (χ3n) is 1.88. The largest absolute Gasteiger partial charge is 0.347 e. The van der Waals surface area contributed by atoms with Gasteiger partial charge in [-0.3, -0.25) is 20.2 Å². The van der Waals surface area contributed by atoms with E-state index in [2.05, 4.69) is 0 Å². The van der Waals surface area contributed by atoms with Gasteiger partial charge in [-0.15, -0.1) is 0 Å². The topological polar surface area (TPSA) is 120 Å². The van der Waals surface area contributed by atoms with Gasteiger partial charge in [0.1, 0.15) is 0 Å². The maximum absolute atomic E-state index is 10.7. The van der Waals surface area contributed by atoms with Gasteiger partial charge in [-0.05, 0) is 12.5 Å². The molecule has 1 aromatic rings. The third kappa shape index (κ3) is 2.14. The van der Waals surface area contributed by atoms with Gasteiger partial charge in [0.2, 0.25) is 0 Å². The summed E-state index contributed by atoms with van der Waals surface area (Å²) in [5.41, 5.74) is -1.44. The van der Waals surface area contributed by atoms with Crippen molar-refractivity contribution in [1.82, 2.24) is 0 Å². The first-order chi connectivity index (χ1) is 7.34. The second-order valence-electron chi connectivity index (χ2n) is 2.90. The van der Waals surface area contributed by atoms with Crippen molar-refractivity contribution < 1.29 is 18.3 Å². The van der Waals surface area contributed by atoms with E-state index in [1.54, 1.807) is 0 Å². The zero-order valence-corrected chi connectivity index (χ0v) is 8.84. The molecule has 0 radical (unpaired) electrons. The molecule has 0 N–H and O–H groups in total. The van der Waals surface area contributed by atoms with Crippen molar-refractivity contribution >= 4 is 22.1 Å². The summed E-state index contributed by atoms with van der Waals surface area (Å²) < 4.78 is 21.4. The number of nitro groups is 2. The Morgan fingerprint density at radius 2 is 1.50 bits per heavy atom. The van der Waals surface area contributed by atoms with Crippen LogP contribution in [-0.2, 0) is 10.7 Å². The molecular weight excluding hydrogens is 240 g/mol. The van der Waals surface area contributed by atoms with Crippen LogP contribution < -0.4 is 0 Å². The van der Waals surface area contributed by atoms with Gasteiger partial charge in [0, 0.05) is 12.1 Å². The monoisotopic (exact) mass is 246 g/mol. The summed E-state index contributed by atoms with van der Waals surface area (Å²) in [6.45, 7) is 1.33. The molecule has 0 aliphatic carbocycles. The first kappa shape index (κ1) is 12.0. The van der Waals surface area contributed by atoms with Crippen molar-refractivity contribution in [3.63, 3.8) is 0 Å². The maximum Gasteiger partial charge on any atom is 0.347 e. The molecule has 0 aromatic heterocycles. The van der Waals surface area contributed by atoms with Crippen LogP contribution in [-0.4, -0.2) is 18.3 Å². The van der Waals surface area contributed by atoms with Gasteiger partial charge in [-0.1, -0.05) is 0 Å². The van der Waals surface area contributed by atoms with Gasteiger partial charge in [-0.25, -0.2) is 8.42 Å². The molecule has 0 aliphatic rings. The average molecular weight is 246 g/mol. The maximum atomic E-state index is 10.7. The number of aryl methyl sites for hydroxylation is 1. The van der Waals surface area contributed by atoms with Crippen LogP contribution in [0.4, 0.5) is 11.4 Å². The van der Waals surface area contributed by atoms with E-state index < -0.39 is 31.9 Å². The number of nitrogens with zero attached hydrogens (tertiary/aromatic N) is 2. The van der Waals surface area contributed by atoms with Crippen molar-refractivity contribution in [2.24, 2.45) is 0 Å². The van der Waals surface area contributed by atoms with E-state index in [-0.39, 0.29) is 10.5 Å². The van der Waals surface area contributed by atoms with Crippen LogP contribution in [0.3, 0.4) is 0 Å². The van der Waals surface area contributed by atoms with E-state index in [0.29, 0.717) is 6.07 Å². The molecule has 1 rings (SSSR count). The molecule has 0 spiro atoms. The number of thiol groups is 1. The predicted molar refractivity (Wildman–Crippen MR) is 53.1 cm³/mol. The SMILES string of the molecule is Cc1cc([N+](=O)[O-])c([N+](=O)[O-])cc1[SH](=O)=O. The lowest BCUT2D eigenvalue weighted by Gasteiger charge is -1.99. The number of nitro benzene ring substituents is 2. The minimum absolute atomic E-state index is 0.105. The van der Waals surface area contributed by atoms with Crippen LogP contribution in [0.5, 0.6) is 0 Å². The van der Waals surface area contributed by atoms with E-state index in [1.807, 2.05) is 0 Å². The van der Waals surface area contributed by atoms with Crippen molar-refractivity contribution in [3.8, 4) is 0 Å². The minimum Gasteiger partial charge on any atom is -0.258 e. The molecule has 0 atom stereocenters. The second kappa shape index (κ2) is 4.23. The van der Waals surface area contributed by atoms with E-state index in [9.17, 15) is 28.6 Å². The molecule has 86 valence electrons. The Bertz CT molecular complexity index is 542. The van der Waals surface area contributed by atoms with Gasteiger partial charge in [0.15, 0.2) is 10.7 Å². The number of benzene rings is 1. The van der Waals surface area contributed by atoms with Crippen molar-refractivity contribution in [3.05, 3.63) is 37.9 Å². The number of rotatable bonds is 3. The smallest absolute Gasteiger partial charge is 0.258 e. The zero-order chi connectivity index (χ0) is 12.5. The molecule has 0 fully saturated rings. The van der Waals surface area contributed by atoms with Crippen LogP contribution in [0.15, 0.2) is 17.0 Å². The number of hydrogen-bond donors (Lipinski definition) is 1. The Morgan fingerprint density at radius 3 is 1.88 bits per heavy atom. The average Bonchev–Trinajstić information content (AvgIpc) is 2.15. The molecule has 0 amide bonds. The van der Waals surface area contributed by atoms with Gasteiger partial charge >= 0.3 is 11.4 Å². The Hall–Kier alpha value is -2.03. The van der Waals surface area contributed by atoms with E-state index >= 15 is 0 Å². The molecule has 16 heavy (non-hydrogen) atoms. The molecule has 0 aliphatic heterocycles. The van der Waals surface area contributed by atoms with E-state index in [4.69, 9.17) is 0 Å². The van der Waals surface area contributed by atoms with Gasteiger partial charge in [-0.2, -0.15) is 0 Å². The second-order valence-corrected chi connectivity index (χ2v) is 3.89. The molecule has 9 heteroatoms. The molecule has 0 unspecified atom stereocenters. The number of hydrogen-bond acceptors (Lipinski definition) is 6. The quantitative estimate of drug-likeness (QED) is 0.478. The van der Waals surface area contributed by atoms with Gasteiger partial charge in [0.25, 0.3) is 0 Å². The lowest BCUT2D eigenvalue weighted by molar-refractivity contribution is -0.422. The fourth-order valence-electron chi connectivity index (χ4n) is 1.16. The highest BCUT2D eigenvalue weighted by atomic mass is 32.2. The van der Waals surface area contributed by atoms with E-state index in [1.165, 1.54) is 6.92 Å². The summed E-state index contributed by atoms with van der Waals surface area (Å²) in [6.07, 6.45) is 0. The molecule has 0 saturated carbocycles. The first-order valence-electron chi connectivity index (χ1n) is 3.92. The Labute approximate surface area is 90.8 Å². The van der Waals surface area contributed by atoms with Crippen LogP contribution >= 0.6 is 0 Å². The first-order valence-corrected chi connectivity index (χ1v) is 5.10. The summed E-state index contributed by atoms with van der Waals surface area (Å²) in [7, 11) is -3.02. The van der Waals surface area contributed by atoms with Gasteiger partial charge < -0.3 is 0 Å². The Balaban J connectivity index is 3.62. The van der Waals surface area contributed by atoms with Crippen molar-refractivity contribution in [1.29, 1.82) is 0 Å². The molecular formula is C7H6N2O6S. The van der Waals surface area contributed by atoms with Crippen LogP contribution in [0.1, 0.15) is 5.56 Å². The van der Waals surface area contributed by atoms with E-state index in [0.717, 1.165) is 6.07 Å². The fraction of sp³-hybridized carbons (Fsp3) is 0.143. The lowest BCUT2D eigenvalue weighted by atomic mass is 10.2. The summed E-state index contributed by atoms with van der Waals surface area (Å²) in [5, 5.41) is 21.0. The molecule has 1 aromatic carbocycles. The van der Waals surface area contributed by atoms with Crippen molar-refractivity contribution in [2.75, 3.05) is 0 Å². The lowest BCUT2D eigenvalue weighted by Crippen LogP contribution is -1.99. The zero-order valence-electron chi connectivity index (χ0n) is 7.95. The predicted octanol–water partition coefficient (Wildman–Crippen LogP) is 0.782. The normalized spacial score (nSPS) is 10.4. The fourth-order valence-corrected chi connectivity index (χ4v) is 1.74. The molecule has 0 heterocycles. The third-order valence-corrected chi connectivity index (χ3v) is 2.76. The standard InChI is InChI=1S/C7H6N2O6S/c1-4-2-5(8(10)11)6(9(12)13)3-7(4)16(14)15/h2-3,16H,1H3. The Morgan fingerprint density at radius 1 is 1.06 bits per heavy atom. The molecule has 8 nitrogen and oxygen atoms in total.